The number of hydrogen-bond acceptors (Lipinski definition) is 4. The molecule has 1 N–H and O–H groups in total. The highest BCUT2D eigenvalue weighted by Gasteiger charge is 2.32. The summed E-state index contributed by atoms with van der Waals surface area (Å²) in [5.41, 5.74) is 3.52. The molecule has 1 unspecified atom stereocenters. The van der Waals surface area contributed by atoms with Crippen molar-refractivity contribution >= 4 is 17.4 Å². The van der Waals surface area contributed by atoms with Gasteiger partial charge in [0, 0.05) is 30.0 Å². The van der Waals surface area contributed by atoms with Crippen LogP contribution in [-0.4, -0.2) is 22.5 Å². The minimum absolute atomic E-state index is 0.354. The number of aryl methyl sites for hydroxylation is 1. The number of thioether (sulfide) groups is 1. The Morgan fingerprint density at radius 3 is 2.67 bits per heavy atom. The van der Waals surface area contributed by atoms with Crippen LogP contribution in [0.3, 0.4) is 0 Å². The van der Waals surface area contributed by atoms with Gasteiger partial charge in [-0.15, -0.1) is 0 Å². The molecule has 1 aliphatic rings. The predicted octanol–water partition coefficient (Wildman–Crippen LogP) is 4.59. The first-order valence-electron chi connectivity index (χ1n) is 7.41. The largest absolute Gasteiger partial charge is 0.449 e. The van der Waals surface area contributed by atoms with Gasteiger partial charge >= 0.3 is 0 Å². The molecule has 1 fully saturated rings. The van der Waals surface area contributed by atoms with E-state index in [2.05, 4.69) is 48.4 Å². The maximum Gasteiger partial charge on any atom is 0.191 e. The van der Waals surface area contributed by atoms with Gasteiger partial charge in [-0.05, 0) is 29.7 Å². The molecule has 0 spiro atoms. The van der Waals surface area contributed by atoms with Gasteiger partial charge in [0.1, 0.15) is 12.0 Å². The summed E-state index contributed by atoms with van der Waals surface area (Å²) in [5.74, 6) is 3.15. The van der Waals surface area contributed by atoms with Crippen LogP contribution in [0.25, 0.3) is 11.3 Å². The monoisotopic (exact) mass is 302 g/mol. The quantitative estimate of drug-likeness (QED) is 0.899. The van der Waals surface area contributed by atoms with Gasteiger partial charge < -0.3 is 9.73 Å². The lowest BCUT2D eigenvalue weighted by Crippen LogP contribution is -2.41. The zero-order valence-corrected chi connectivity index (χ0v) is 13.7. The smallest absolute Gasteiger partial charge is 0.191 e. The fourth-order valence-electron chi connectivity index (χ4n) is 2.61. The van der Waals surface area contributed by atoms with Crippen LogP contribution in [0.4, 0.5) is 5.69 Å². The number of oxazole rings is 1. The van der Waals surface area contributed by atoms with Crippen LogP contribution in [0.15, 0.2) is 34.9 Å². The van der Waals surface area contributed by atoms with E-state index in [0.29, 0.717) is 17.3 Å². The lowest BCUT2D eigenvalue weighted by Gasteiger charge is -2.39. The first-order valence-corrected chi connectivity index (χ1v) is 8.57. The number of rotatable bonds is 3. The summed E-state index contributed by atoms with van der Waals surface area (Å²) in [4.78, 5) is 4.36. The Morgan fingerprint density at radius 2 is 2.05 bits per heavy atom. The lowest BCUT2D eigenvalue weighted by atomic mass is 9.82. The van der Waals surface area contributed by atoms with Crippen LogP contribution in [0, 0.1) is 12.3 Å². The van der Waals surface area contributed by atoms with Gasteiger partial charge in [0.15, 0.2) is 5.89 Å². The molecule has 1 atom stereocenters. The summed E-state index contributed by atoms with van der Waals surface area (Å²) in [6.07, 6.45) is 2.98. The molecule has 0 aliphatic carbocycles. The Balaban J connectivity index is 1.72. The van der Waals surface area contributed by atoms with Crippen molar-refractivity contribution in [3.05, 3.63) is 36.4 Å². The minimum Gasteiger partial charge on any atom is -0.449 e. The van der Waals surface area contributed by atoms with Crippen molar-refractivity contribution in [2.75, 3.05) is 16.8 Å². The van der Waals surface area contributed by atoms with E-state index >= 15 is 0 Å². The van der Waals surface area contributed by atoms with Crippen molar-refractivity contribution in [2.45, 2.75) is 33.2 Å². The maximum absolute atomic E-state index is 5.27. The zero-order chi connectivity index (χ0) is 14.9. The summed E-state index contributed by atoms with van der Waals surface area (Å²) in [5, 5.41) is 3.69. The van der Waals surface area contributed by atoms with E-state index in [-0.39, 0.29) is 0 Å². The fraction of sp³-hybridized carbons (Fsp3) is 0.471. The Morgan fingerprint density at radius 1 is 1.29 bits per heavy atom. The summed E-state index contributed by atoms with van der Waals surface area (Å²) < 4.78 is 5.27. The van der Waals surface area contributed by atoms with Gasteiger partial charge in [0.05, 0.1) is 0 Å². The highest BCUT2D eigenvalue weighted by Crippen LogP contribution is 2.36. The lowest BCUT2D eigenvalue weighted by molar-refractivity contribution is 0.305. The van der Waals surface area contributed by atoms with Crippen molar-refractivity contribution in [1.29, 1.82) is 0 Å². The highest BCUT2D eigenvalue weighted by molar-refractivity contribution is 7.99. The molecule has 3 nitrogen and oxygen atoms in total. The molecule has 0 amide bonds. The second kappa shape index (κ2) is 5.76. The highest BCUT2D eigenvalue weighted by atomic mass is 32.2. The van der Waals surface area contributed by atoms with Crippen LogP contribution in [0.2, 0.25) is 0 Å². The van der Waals surface area contributed by atoms with Gasteiger partial charge in [-0.3, -0.25) is 0 Å². The van der Waals surface area contributed by atoms with Gasteiger partial charge in [-0.25, -0.2) is 4.98 Å². The number of hydrogen-bond donors (Lipinski definition) is 1. The van der Waals surface area contributed by atoms with Crippen molar-refractivity contribution in [1.82, 2.24) is 4.98 Å². The minimum atomic E-state index is 0.354. The number of nitrogens with zero attached hydrogens (tertiary/aromatic N) is 1. The predicted molar refractivity (Wildman–Crippen MR) is 89.8 cm³/mol. The average Bonchev–Trinajstić information content (AvgIpc) is 2.89. The van der Waals surface area contributed by atoms with Crippen LogP contribution in [0.1, 0.15) is 26.2 Å². The first kappa shape index (κ1) is 14.5. The third-order valence-electron chi connectivity index (χ3n) is 4.26. The molecule has 0 saturated carbocycles. The molecule has 4 heteroatoms. The van der Waals surface area contributed by atoms with E-state index in [1.807, 2.05) is 18.7 Å². The van der Waals surface area contributed by atoms with Crippen molar-refractivity contribution in [2.24, 2.45) is 5.41 Å². The molecule has 2 aromatic rings. The standard InChI is InChI=1S/C17H22N2OS/c1-12-18-15(10-20-12)13-4-6-14(7-5-13)19-16-11-21-9-8-17(16,2)3/h4-7,10,16,19H,8-9,11H2,1-3H3. The van der Waals surface area contributed by atoms with Gasteiger partial charge in [-0.2, -0.15) is 11.8 Å². The maximum atomic E-state index is 5.27. The van der Waals surface area contributed by atoms with E-state index in [4.69, 9.17) is 4.42 Å². The van der Waals surface area contributed by atoms with Crippen molar-refractivity contribution in [3.63, 3.8) is 0 Å². The third-order valence-corrected chi connectivity index (χ3v) is 5.32. The third kappa shape index (κ3) is 3.26. The summed E-state index contributed by atoms with van der Waals surface area (Å²) >= 11 is 2.04. The SMILES string of the molecule is Cc1nc(-c2ccc(NC3CSCCC3(C)C)cc2)co1. The Kier molecular flexibility index (Phi) is 3.98. The van der Waals surface area contributed by atoms with Crippen molar-refractivity contribution < 1.29 is 4.42 Å². The van der Waals surface area contributed by atoms with E-state index in [1.54, 1.807) is 6.26 Å². The normalized spacial score (nSPS) is 21.2. The zero-order valence-electron chi connectivity index (χ0n) is 12.8. The molecule has 0 bridgehead atoms. The first-order chi connectivity index (χ1) is 10.0. The Bertz CT molecular complexity index is 604. The molecule has 1 saturated heterocycles. The Hall–Kier alpha value is -1.42. The topological polar surface area (TPSA) is 38.1 Å². The van der Waals surface area contributed by atoms with Crippen LogP contribution >= 0.6 is 11.8 Å². The summed E-state index contributed by atoms with van der Waals surface area (Å²) in [7, 11) is 0. The number of anilines is 1. The van der Waals surface area contributed by atoms with Gasteiger partial charge in [0.2, 0.25) is 0 Å². The summed E-state index contributed by atoms with van der Waals surface area (Å²) in [6, 6.07) is 8.99. The van der Waals surface area contributed by atoms with Gasteiger partial charge in [0.25, 0.3) is 0 Å². The number of nitrogens with one attached hydrogen (secondary N) is 1. The molecule has 0 radical (unpaired) electrons. The van der Waals surface area contributed by atoms with Gasteiger partial charge in [-0.1, -0.05) is 26.0 Å². The van der Waals surface area contributed by atoms with E-state index in [1.165, 1.54) is 23.6 Å². The van der Waals surface area contributed by atoms with E-state index in [0.717, 1.165) is 11.3 Å². The summed E-state index contributed by atoms with van der Waals surface area (Å²) in [6.45, 7) is 6.58. The second-order valence-corrected chi connectivity index (χ2v) is 7.49. The second-order valence-electron chi connectivity index (χ2n) is 6.34. The molecule has 3 rings (SSSR count). The van der Waals surface area contributed by atoms with Crippen LogP contribution < -0.4 is 5.32 Å². The fourth-order valence-corrected chi connectivity index (χ4v) is 4.21. The molecule has 1 aliphatic heterocycles. The van der Waals surface area contributed by atoms with E-state index in [9.17, 15) is 0 Å². The number of benzene rings is 1. The van der Waals surface area contributed by atoms with E-state index < -0.39 is 0 Å². The average molecular weight is 302 g/mol. The molecule has 21 heavy (non-hydrogen) atoms. The Labute approximate surface area is 130 Å². The molecular formula is C17H22N2OS. The van der Waals surface area contributed by atoms with Crippen LogP contribution in [-0.2, 0) is 0 Å². The van der Waals surface area contributed by atoms with Crippen molar-refractivity contribution in [3.8, 4) is 11.3 Å². The molecule has 2 heterocycles. The molecule has 112 valence electrons. The molecular weight excluding hydrogens is 280 g/mol. The van der Waals surface area contributed by atoms with Crippen LogP contribution in [0.5, 0.6) is 0 Å². The molecule has 1 aromatic carbocycles. The number of aromatic nitrogens is 1. The molecule has 1 aromatic heterocycles.